The molecule has 2 fully saturated rings. The molecule has 0 spiro atoms. The normalized spacial score (nSPS) is 19.2. The molecule has 2 aliphatic heterocycles. The van der Waals surface area contributed by atoms with Gasteiger partial charge in [0.25, 0.3) is 0 Å². The highest BCUT2D eigenvalue weighted by molar-refractivity contribution is 5.89. The van der Waals surface area contributed by atoms with E-state index in [-0.39, 0.29) is 24.2 Å². The third-order valence-electron chi connectivity index (χ3n) is 7.29. The summed E-state index contributed by atoms with van der Waals surface area (Å²) < 4.78 is 27.0. The van der Waals surface area contributed by atoms with Crippen molar-refractivity contribution in [3.8, 4) is 5.88 Å². The van der Waals surface area contributed by atoms with Crippen LogP contribution in [0.1, 0.15) is 54.1 Å². The number of carboxylic acids is 1. The molecule has 0 amide bonds. The number of rotatable bonds is 10. The van der Waals surface area contributed by atoms with Crippen LogP contribution < -0.4 is 4.74 Å². The standard InChI is InChI=1S/C28H32FN5O4/c1-3-19(18(2)29)17-38-27-6-4-5-22(32-27)20-7-10-33(11-8-20)16-26-31-23-13-24(28(35)36)30-14-25(23)34(26)15-21-9-12-37-21/h3-6,13-14,20-21H,1,7-12,15-17H2,2H3,(H,35,36)/b19-18-/t21-/m0/s1. The number of likely N-dealkylation sites (tertiary alicyclic amines) is 1. The fourth-order valence-corrected chi connectivity index (χ4v) is 4.92. The summed E-state index contributed by atoms with van der Waals surface area (Å²) in [4.78, 5) is 27.4. The van der Waals surface area contributed by atoms with Crippen LogP contribution >= 0.6 is 0 Å². The zero-order valence-electron chi connectivity index (χ0n) is 21.5. The van der Waals surface area contributed by atoms with Gasteiger partial charge in [0.05, 0.1) is 36.4 Å². The number of aromatic nitrogens is 4. The molecule has 0 aliphatic carbocycles. The van der Waals surface area contributed by atoms with Crippen molar-refractivity contribution in [1.82, 2.24) is 24.4 Å². The van der Waals surface area contributed by atoms with Crippen molar-refractivity contribution in [1.29, 1.82) is 0 Å². The summed E-state index contributed by atoms with van der Waals surface area (Å²) in [7, 11) is 0. The molecule has 2 aliphatic rings. The molecule has 2 saturated heterocycles. The number of carboxylic acid groups (broad SMARTS) is 1. The summed E-state index contributed by atoms with van der Waals surface area (Å²) in [6.45, 7) is 8.97. The molecule has 0 bridgehead atoms. The second-order valence-electron chi connectivity index (χ2n) is 9.79. The zero-order chi connectivity index (χ0) is 26.6. The first-order valence-corrected chi connectivity index (χ1v) is 12.9. The van der Waals surface area contributed by atoms with Gasteiger partial charge in [-0.1, -0.05) is 18.7 Å². The number of allylic oxidation sites excluding steroid dienone is 1. The smallest absolute Gasteiger partial charge is 0.354 e. The first-order valence-electron chi connectivity index (χ1n) is 12.9. The summed E-state index contributed by atoms with van der Waals surface area (Å²) in [5.74, 6) is 0.297. The molecule has 5 heterocycles. The van der Waals surface area contributed by atoms with Gasteiger partial charge >= 0.3 is 5.97 Å². The van der Waals surface area contributed by atoms with E-state index >= 15 is 0 Å². The van der Waals surface area contributed by atoms with Gasteiger partial charge < -0.3 is 19.1 Å². The van der Waals surface area contributed by atoms with E-state index in [4.69, 9.17) is 14.5 Å². The Morgan fingerprint density at radius 3 is 2.74 bits per heavy atom. The molecule has 0 radical (unpaired) electrons. The molecule has 38 heavy (non-hydrogen) atoms. The van der Waals surface area contributed by atoms with Crippen molar-refractivity contribution in [3.05, 3.63) is 71.7 Å². The number of hydrogen-bond acceptors (Lipinski definition) is 7. The van der Waals surface area contributed by atoms with Crippen LogP contribution in [0.5, 0.6) is 5.88 Å². The first kappa shape index (κ1) is 26.0. The Labute approximate surface area is 220 Å². The average Bonchev–Trinajstić information content (AvgIpc) is 3.22. The molecule has 0 saturated carbocycles. The lowest BCUT2D eigenvalue weighted by molar-refractivity contribution is -0.0592. The predicted octanol–water partition coefficient (Wildman–Crippen LogP) is 4.50. The number of aromatic carboxylic acids is 1. The molecule has 3 aromatic rings. The van der Waals surface area contributed by atoms with Gasteiger partial charge in [0.2, 0.25) is 5.88 Å². The molecule has 0 unspecified atom stereocenters. The quantitative estimate of drug-likeness (QED) is 0.389. The van der Waals surface area contributed by atoms with E-state index in [1.54, 1.807) is 12.3 Å². The Kier molecular flexibility index (Phi) is 7.80. The van der Waals surface area contributed by atoms with Crippen LogP contribution in [0.2, 0.25) is 0 Å². The van der Waals surface area contributed by atoms with E-state index < -0.39 is 5.97 Å². The van der Waals surface area contributed by atoms with Crippen LogP contribution in [0.15, 0.2) is 54.5 Å². The van der Waals surface area contributed by atoms with E-state index in [1.807, 2.05) is 12.1 Å². The van der Waals surface area contributed by atoms with Crippen molar-refractivity contribution < 1.29 is 23.8 Å². The number of imidazole rings is 1. The molecule has 1 atom stereocenters. The number of carbonyl (C=O) groups is 1. The topological polar surface area (TPSA) is 103 Å². The fourth-order valence-electron chi connectivity index (χ4n) is 4.92. The SMILES string of the molecule is C=C/C(COc1cccc(C2CCN(Cc3nc4cc(C(=O)O)ncc4n3C[C@@H]3CCO3)CC2)n1)=C(\C)F. The second-order valence-corrected chi connectivity index (χ2v) is 9.79. The Morgan fingerprint density at radius 1 is 1.29 bits per heavy atom. The highest BCUT2D eigenvalue weighted by Gasteiger charge is 2.26. The zero-order valence-corrected chi connectivity index (χ0v) is 21.5. The summed E-state index contributed by atoms with van der Waals surface area (Å²) >= 11 is 0. The molecule has 5 rings (SSSR count). The van der Waals surface area contributed by atoms with Crippen molar-refractivity contribution in [2.45, 2.75) is 51.3 Å². The Balaban J connectivity index is 1.25. The van der Waals surface area contributed by atoms with Gasteiger partial charge in [0.15, 0.2) is 0 Å². The van der Waals surface area contributed by atoms with Crippen molar-refractivity contribution in [2.75, 3.05) is 26.3 Å². The fraction of sp³-hybridized carbons (Fsp3) is 0.429. The lowest BCUT2D eigenvalue weighted by Crippen LogP contribution is -2.35. The number of pyridine rings is 2. The summed E-state index contributed by atoms with van der Waals surface area (Å²) in [5, 5.41) is 9.34. The summed E-state index contributed by atoms with van der Waals surface area (Å²) in [5.41, 5.74) is 2.85. The Hall–Kier alpha value is -3.63. The molecule has 0 aromatic carbocycles. The van der Waals surface area contributed by atoms with Crippen molar-refractivity contribution in [3.63, 3.8) is 0 Å². The molecule has 10 heteroatoms. The molecule has 3 aromatic heterocycles. The van der Waals surface area contributed by atoms with Crippen LogP contribution in [0, 0.1) is 0 Å². The minimum absolute atomic E-state index is 0.00955. The number of halogens is 1. The number of hydrogen-bond donors (Lipinski definition) is 1. The van der Waals surface area contributed by atoms with E-state index in [0.717, 1.165) is 56.0 Å². The largest absolute Gasteiger partial charge is 0.477 e. The maximum Gasteiger partial charge on any atom is 0.354 e. The van der Waals surface area contributed by atoms with Gasteiger partial charge in [-0.05, 0) is 51.4 Å². The Bertz CT molecular complexity index is 1350. The van der Waals surface area contributed by atoms with E-state index in [2.05, 4.69) is 26.0 Å². The minimum atomic E-state index is -1.06. The van der Waals surface area contributed by atoms with Gasteiger partial charge in [-0.3, -0.25) is 4.90 Å². The third-order valence-corrected chi connectivity index (χ3v) is 7.29. The molecule has 9 nitrogen and oxygen atoms in total. The van der Waals surface area contributed by atoms with Gasteiger partial charge in [-0.25, -0.2) is 24.1 Å². The van der Waals surface area contributed by atoms with Crippen LogP contribution in [-0.2, 0) is 17.8 Å². The van der Waals surface area contributed by atoms with Gasteiger partial charge in [-0.15, -0.1) is 0 Å². The maximum atomic E-state index is 13.5. The predicted molar refractivity (Wildman–Crippen MR) is 140 cm³/mol. The van der Waals surface area contributed by atoms with Gasteiger partial charge in [0, 0.05) is 29.9 Å². The van der Waals surface area contributed by atoms with Crippen molar-refractivity contribution in [2.24, 2.45) is 0 Å². The Morgan fingerprint density at radius 2 is 2.08 bits per heavy atom. The third kappa shape index (κ3) is 5.76. The van der Waals surface area contributed by atoms with Crippen LogP contribution in [0.3, 0.4) is 0 Å². The highest BCUT2D eigenvalue weighted by atomic mass is 19.1. The van der Waals surface area contributed by atoms with Crippen LogP contribution in [0.4, 0.5) is 4.39 Å². The number of fused-ring (bicyclic) bond motifs is 1. The first-order chi connectivity index (χ1) is 18.4. The number of piperidine rings is 1. The highest BCUT2D eigenvalue weighted by Crippen LogP contribution is 2.29. The van der Waals surface area contributed by atoms with Crippen molar-refractivity contribution >= 4 is 17.0 Å². The monoisotopic (exact) mass is 521 g/mol. The molecular formula is C28H32FN5O4. The molecule has 1 N–H and O–H groups in total. The van der Waals surface area contributed by atoms with Crippen LogP contribution in [-0.4, -0.2) is 67.9 Å². The lowest BCUT2D eigenvalue weighted by atomic mass is 9.93. The summed E-state index contributed by atoms with van der Waals surface area (Å²) in [6, 6.07) is 7.26. The average molecular weight is 522 g/mol. The maximum absolute atomic E-state index is 13.5. The van der Waals surface area contributed by atoms with E-state index in [1.165, 1.54) is 19.1 Å². The molecule has 200 valence electrons. The van der Waals surface area contributed by atoms with Gasteiger partial charge in [-0.2, -0.15) is 0 Å². The second kappa shape index (κ2) is 11.4. The minimum Gasteiger partial charge on any atom is -0.477 e. The van der Waals surface area contributed by atoms with E-state index in [0.29, 0.717) is 36.0 Å². The summed E-state index contributed by atoms with van der Waals surface area (Å²) in [6.07, 6.45) is 6.08. The van der Waals surface area contributed by atoms with Gasteiger partial charge in [0.1, 0.15) is 24.0 Å². The lowest BCUT2D eigenvalue weighted by Gasteiger charge is -2.32. The molecular weight excluding hydrogens is 489 g/mol. The van der Waals surface area contributed by atoms with E-state index in [9.17, 15) is 14.3 Å². The number of nitrogens with zero attached hydrogens (tertiary/aromatic N) is 5. The van der Waals surface area contributed by atoms with Crippen LogP contribution in [0.25, 0.3) is 11.0 Å². The number of ether oxygens (including phenoxy) is 2.